The molecule has 0 atom stereocenters. The molecule has 4 heteroatoms. The second-order valence-corrected chi connectivity index (χ2v) is 2.49. The molecule has 0 saturated heterocycles. The Morgan fingerprint density at radius 3 is 3.00 bits per heavy atom. The number of fused-ring (bicyclic) bond motifs is 1. The van der Waals surface area contributed by atoms with E-state index >= 15 is 0 Å². The van der Waals surface area contributed by atoms with Crippen LogP contribution >= 0.6 is 0 Å². The molecule has 0 radical (unpaired) electrons. The monoisotopic (exact) mass is 177 g/mol. The Bertz CT molecular complexity index is 381. The molecule has 0 amide bonds. The fraction of sp³-hybridized carbons (Fsp3) is 0.222. The van der Waals surface area contributed by atoms with Gasteiger partial charge in [-0.05, 0) is 12.1 Å². The second-order valence-electron chi connectivity index (χ2n) is 2.49. The van der Waals surface area contributed by atoms with Crippen LogP contribution in [0.15, 0.2) is 12.1 Å². The highest BCUT2D eigenvalue weighted by atomic mass is 16.7. The Morgan fingerprint density at radius 1 is 1.46 bits per heavy atom. The molecule has 1 aromatic rings. The first-order chi connectivity index (χ1) is 6.36. The SMILES string of the molecule is COc1c(C#N)ccc2c1OCO2. The Labute approximate surface area is 75.3 Å². The summed E-state index contributed by atoms with van der Waals surface area (Å²) in [6.07, 6.45) is 0. The normalized spacial score (nSPS) is 12.3. The van der Waals surface area contributed by atoms with Crippen molar-refractivity contribution in [3.63, 3.8) is 0 Å². The van der Waals surface area contributed by atoms with Crippen molar-refractivity contribution in [2.45, 2.75) is 0 Å². The van der Waals surface area contributed by atoms with Crippen LogP contribution in [0.3, 0.4) is 0 Å². The van der Waals surface area contributed by atoms with E-state index in [9.17, 15) is 0 Å². The van der Waals surface area contributed by atoms with Crippen LogP contribution in [-0.4, -0.2) is 13.9 Å². The summed E-state index contributed by atoms with van der Waals surface area (Å²) in [5.41, 5.74) is 0.451. The Hall–Kier alpha value is -1.89. The lowest BCUT2D eigenvalue weighted by atomic mass is 10.2. The van der Waals surface area contributed by atoms with Crippen molar-refractivity contribution in [2.75, 3.05) is 13.9 Å². The van der Waals surface area contributed by atoms with Gasteiger partial charge < -0.3 is 14.2 Å². The topological polar surface area (TPSA) is 51.5 Å². The van der Waals surface area contributed by atoms with Gasteiger partial charge in [0.15, 0.2) is 11.5 Å². The van der Waals surface area contributed by atoms with Crippen molar-refractivity contribution >= 4 is 0 Å². The van der Waals surface area contributed by atoms with Crippen molar-refractivity contribution < 1.29 is 14.2 Å². The first-order valence-corrected chi connectivity index (χ1v) is 3.73. The Kier molecular flexibility index (Phi) is 1.71. The minimum atomic E-state index is 0.181. The van der Waals surface area contributed by atoms with Gasteiger partial charge in [0.2, 0.25) is 12.5 Å². The van der Waals surface area contributed by atoms with Crippen molar-refractivity contribution in [3.05, 3.63) is 17.7 Å². The van der Waals surface area contributed by atoms with E-state index in [0.717, 1.165) is 0 Å². The molecule has 4 nitrogen and oxygen atoms in total. The molecular formula is C9H7NO3. The molecule has 2 rings (SSSR count). The lowest BCUT2D eigenvalue weighted by molar-refractivity contribution is 0.171. The van der Waals surface area contributed by atoms with Gasteiger partial charge in [0, 0.05) is 0 Å². The summed E-state index contributed by atoms with van der Waals surface area (Å²) < 4.78 is 15.3. The minimum Gasteiger partial charge on any atom is -0.491 e. The molecule has 0 spiro atoms. The van der Waals surface area contributed by atoms with Crippen LogP contribution in [0.2, 0.25) is 0 Å². The van der Waals surface area contributed by atoms with Crippen LogP contribution in [0.5, 0.6) is 17.2 Å². The molecule has 1 aliphatic heterocycles. The van der Waals surface area contributed by atoms with Gasteiger partial charge in [-0.25, -0.2) is 0 Å². The molecule has 0 aromatic heterocycles. The molecular weight excluding hydrogens is 170 g/mol. The van der Waals surface area contributed by atoms with E-state index in [4.69, 9.17) is 19.5 Å². The van der Waals surface area contributed by atoms with Crippen LogP contribution in [-0.2, 0) is 0 Å². The maximum Gasteiger partial charge on any atom is 0.231 e. The lowest BCUT2D eigenvalue weighted by Gasteiger charge is -2.05. The first-order valence-electron chi connectivity index (χ1n) is 3.73. The predicted octanol–water partition coefficient (Wildman–Crippen LogP) is 1.30. The average Bonchev–Trinajstić information content (AvgIpc) is 2.63. The quantitative estimate of drug-likeness (QED) is 0.648. The third-order valence-corrected chi connectivity index (χ3v) is 1.82. The fourth-order valence-corrected chi connectivity index (χ4v) is 1.24. The maximum atomic E-state index is 8.75. The largest absolute Gasteiger partial charge is 0.491 e. The number of rotatable bonds is 1. The summed E-state index contributed by atoms with van der Waals surface area (Å²) in [6, 6.07) is 5.36. The number of methoxy groups -OCH3 is 1. The zero-order valence-electron chi connectivity index (χ0n) is 7.03. The molecule has 0 fully saturated rings. The molecule has 0 bridgehead atoms. The molecule has 0 aliphatic carbocycles. The third kappa shape index (κ3) is 1.05. The van der Waals surface area contributed by atoms with Gasteiger partial charge in [-0.2, -0.15) is 5.26 Å². The van der Waals surface area contributed by atoms with Gasteiger partial charge >= 0.3 is 0 Å². The molecule has 1 aromatic carbocycles. The Morgan fingerprint density at radius 2 is 2.31 bits per heavy atom. The van der Waals surface area contributed by atoms with Gasteiger partial charge in [-0.3, -0.25) is 0 Å². The highest BCUT2D eigenvalue weighted by molar-refractivity contribution is 5.60. The van der Waals surface area contributed by atoms with Gasteiger partial charge in [-0.15, -0.1) is 0 Å². The van der Waals surface area contributed by atoms with E-state index in [1.54, 1.807) is 12.1 Å². The van der Waals surface area contributed by atoms with Crippen LogP contribution < -0.4 is 14.2 Å². The summed E-state index contributed by atoms with van der Waals surface area (Å²) in [7, 11) is 1.50. The van der Waals surface area contributed by atoms with Crippen molar-refractivity contribution in [3.8, 4) is 23.3 Å². The summed E-state index contributed by atoms with van der Waals surface area (Å²) in [5, 5.41) is 8.75. The molecule has 1 heterocycles. The number of hydrogen-bond donors (Lipinski definition) is 0. The zero-order chi connectivity index (χ0) is 9.26. The number of nitrogens with zero attached hydrogens (tertiary/aromatic N) is 1. The number of ether oxygens (including phenoxy) is 3. The minimum absolute atomic E-state index is 0.181. The molecule has 1 aliphatic rings. The van der Waals surface area contributed by atoms with Crippen LogP contribution in [0, 0.1) is 11.3 Å². The van der Waals surface area contributed by atoms with E-state index in [1.807, 2.05) is 6.07 Å². The van der Waals surface area contributed by atoms with Gasteiger partial charge in [0.25, 0.3) is 0 Å². The summed E-state index contributed by atoms with van der Waals surface area (Å²) in [5.74, 6) is 1.58. The maximum absolute atomic E-state index is 8.75. The molecule has 0 N–H and O–H groups in total. The number of hydrogen-bond acceptors (Lipinski definition) is 4. The summed E-state index contributed by atoms with van der Waals surface area (Å²) in [4.78, 5) is 0. The second kappa shape index (κ2) is 2.87. The van der Waals surface area contributed by atoms with E-state index in [-0.39, 0.29) is 6.79 Å². The molecule has 66 valence electrons. The van der Waals surface area contributed by atoms with Gasteiger partial charge in [0.1, 0.15) is 6.07 Å². The number of nitriles is 1. The average molecular weight is 177 g/mol. The van der Waals surface area contributed by atoms with Crippen LogP contribution in [0.4, 0.5) is 0 Å². The number of benzene rings is 1. The van der Waals surface area contributed by atoms with E-state index in [0.29, 0.717) is 22.8 Å². The highest BCUT2D eigenvalue weighted by Gasteiger charge is 2.21. The molecule has 13 heavy (non-hydrogen) atoms. The van der Waals surface area contributed by atoms with E-state index in [1.165, 1.54) is 7.11 Å². The zero-order valence-corrected chi connectivity index (χ0v) is 7.03. The Balaban J connectivity index is 2.61. The predicted molar refractivity (Wildman–Crippen MR) is 43.8 cm³/mol. The third-order valence-electron chi connectivity index (χ3n) is 1.82. The summed E-state index contributed by atoms with van der Waals surface area (Å²) in [6.45, 7) is 0.181. The van der Waals surface area contributed by atoms with Crippen molar-refractivity contribution in [1.82, 2.24) is 0 Å². The fourth-order valence-electron chi connectivity index (χ4n) is 1.24. The van der Waals surface area contributed by atoms with Crippen molar-refractivity contribution in [1.29, 1.82) is 5.26 Å². The van der Waals surface area contributed by atoms with E-state index < -0.39 is 0 Å². The highest BCUT2D eigenvalue weighted by Crippen LogP contribution is 2.42. The molecule has 0 saturated carbocycles. The van der Waals surface area contributed by atoms with Gasteiger partial charge in [-0.1, -0.05) is 0 Å². The van der Waals surface area contributed by atoms with E-state index in [2.05, 4.69) is 0 Å². The van der Waals surface area contributed by atoms with Crippen molar-refractivity contribution in [2.24, 2.45) is 0 Å². The summed E-state index contributed by atoms with van der Waals surface area (Å²) >= 11 is 0. The first kappa shape index (κ1) is 7.74. The van der Waals surface area contributed by atoms with Crippen LogP contribution in [0.25, 0.3) is 0 Å². The lowest BCUT2D eigenvalue weighted by Crippen LogP contribution is -1.94. The molecule has 0 unspecified atom stereocenters. The smallest absolute Gasteiger partial charge is 0.231 e. The van der Waals surface area contributed by atoms with Crippen LogP contribution in [0.1, 0.15) is 5.56 Å². The van der Waals surface area contributed by atoms with Gasteiger partial charge in [0.05, 0.1) is 12.7 Å². The standard InChI is InChI=1S/C9H7NO3/c1-11-8-6(4-10)2-3-7-9(8)13-5-12-7/h2-3H,5H2,1H3.